The maximum Gasteiger partial charge on any atom is 0.0715 e. The SMILES string of the molecule is CCCC[C@H]1C[C@@H](OCCOC)CN1. The molecule has 0 bridgehead atoms. The predicted octanol–water partition coefficient (Wildman–Crippen LogP) is 1.57. The number of rotatable bonds is 7. The number of nitrogens with one attached hydrogen (secondary N) is 1. The highest BCUT2D eigenvalue weighted by Crippen LogP contribution is 2.15. The van der Waals surface area contributed by atoms with E-state index in [9.17, 15) is 0 Å². The second-order valence-corrected chi connectivity index (χ2v) is 3.97. The van der Waals surface area contributed by atoms with Gasteiger partial charge in [-0.3, -0.25) is 0 Å². The molecule has 1 fully saturated rings. The Kier molecular flexibility index (Phi) is 6.15. The molecule has 84 valence electrons. The Bertz CT molecular complexity index is 141. The van der Waals surface area contributed by atoms with Crippen LogP contribution in [-0.2, 0) is 9.47 Å². The number of ether oxygens (including phenoxy) is 2. The fourth-order valence-corrected chi connectivity index (χ4v) is 1.88. The number of unbranched alkanes of at least 4 members (excludes halogenated alkanes) is 1. The Balaban J connectivity index is 2.02. The van der Waals surface area contributed by atoms with Crippen LogP contribution in [0.1, 0.15) is 32.6 Å². The van der Waals surface area contributed by atoms with E-state index in [0.717, 1.165) is 13.2 Å². The molecule has 1 saturated heterocycles. The van der Waals surface area contributed by atoms with E-state index in [-0.39, 0.29) is 0 Å². The van der Waals surface area contributed by atoms with Crippen LogP contribution < -0.4 is 5.32 Å². The molecule has 3 heteroatoms. The summed E-state index contributed by atoms with van der Waals surface area (Å²) in [6.45, 7) is 4.68. The molecule has 0 saturated carbocycles. The van der Waals surface area contributed by atoms with Gasteiger partial charge in [0.15, 0.2) is 0 Å². The second-order valence-electron chi connectivity index (χ2n) is 3.97. The summed E-state index contributed by atoms with van der Waals surface area (Å²) in [6, 6.07) is 0.683. The van der Waals surface area contributed by atoms with Crippen molar-refractivity contribution in [1.29, 1.82) is 0 Å². The predicted molar refractivity (Wildman–Crippen MR) is 57.5 cm³/mol. The Morgan fingerprint density at radius 3 is 2.93 bits per heavy atom. The molecule has 3 nitrogen and oxygen atoms in total. The van der Waals surface area contributed by atoms with E-state index in [0.29, 0.717) is 18.8 Å². The molecule has 1 aliphatic heterocycles. The van der Waals surface area contributed by atoms with Crippen LogP contribution in [-0.4, -0.2) is 39.0 Å². The van der Waals surface area contributed by atoms with Crippen molar-refractivity contribution in [2.24, 2.45) is 0 Å². The van der Waals surface area contributed by atoms with Crippen LogP contribution in [0.5, 0.6) is 0 Å². The van der Waals surface area contributed by atoms with Crippen molar-refractivity contribution in [3.8, 4) is 0 Å². The van der Waals surface area contributed by atoms with Crippen LogP contribution in [0.15, 0.2) is 0 Å². The molecule has 1 rings (SSSR count). The molecule has 0 radical (unpaired) electrons. The summed E-state index contributed by atoms with van der Waals surface area (Å²) < 4.78 is 10.6. The van der Waals surface area contributed by atoms with Gasteiger partial charge >= 0.3 is 0 Å². The van der Waals surface area contributed by atoms with Crippen molar-refractivity contribution in [3.05, 3.63) is 0 Å². The summed E-state index contributed by atoms with van der Waals surface area (Å²) in [5, 5.41) is 3.50. The van der Waals surface area contributed by atoms with Gasteiger partial charge < -0.3 is 14.8 Å². The minimum absolute atomic E-state index is 0.409. The second kappa shape index (κ2) is 7.21. The van der Waals surface area contributed by atoms with Crippen LogP contribution in [0.3, 0.4) is 0 Å². The van der Waals surface area contributed by atoms with Gasteiger partial charge in [-0.25, -0.2) is 0 Å². The zero-order valence-corrected chi connectivity index (χ0v) is 9.42. The van der Waals surface area contributed by atoms with Crippen molar-refractivity contribution in [2.45, 2.75) is 44.8 Å². The molecular weight excluding hydrogens is 178 g/mol. The summed E-state index contributed by atoms with van der Waals surface area (Å²) in [4.78, 5) is 0. The van der Waals surface area contributed by atoms with Crippen molar-refractivity contribution in [2.75, 3.05) is 26.9 Å². The molecule has 0 aliphatic carbocycles. The van der Waals surface area contributed by atoms with Crippen LogP contribution in [0.25, 0.3) is 0 Å². The first kappa shape index (κ1) is 12.0. The average Bonchev–Trinajstić information content (AvgIpc) is 2.63. The van der Waals surface area contributed by atoms with E-state index in [4.69, 9.17) is 9.47 Å². The molecule has 0 aromatic carbocycles. The normalized spacial score (nSPS) is 27.0. The molecule has 14 heavy (non-hydrogen) atoms. The van der Waals surface area contributed by atoms with Crippen molar-refractivity contribution in [3.63, 3.8) is 0 Å². The molecule has 0 aromatic rings. The average molecular weight is 201 g/mol. The summed E-state index contributed by atoms with van der Waals surface area (Å²) in [5.74, 6) is 0. The lowest BCUT2D eigenvalue weighted by Gasteiger charge is -2.10. The van der Waals surface area contributed by atoms with E-state index in [1.54, 1.807) is 7.11 Å². The van der Waals surface area contributed by atoms with Crippen LogP contribution in [0, 0.1) is 0 Å². The van der Waals surface area contributed by atoms with Crippen LogP contribution in [0.2, 0.25) is 0 Å². The summed E-state index contributed by atoms with van der Waals surface area (Å²) in [7, 11) is 1.71. The van der Waals surface area contributed by atoms with Crippen molar-refractivity contribution >= 4 is 0 Å². The first-order valence-corrected chi connectivity index (χ1v) is 5.70. The van der Waals surface area contributed by atoms with Gasteiger partial charge in [0.05, 0.1) is 19.3 Å². The largest absolute Gasteiger partial charge is 0.382 e. The highest BCUT2D eigenvalue weighted by Gasteiger charge is 2.23. The Morgan fingerprint density at radius 2 is 2.21 bits per heavy atom. The summed E-state index contributed by atoms with van der Waals surface area (Å²) in [6.07, 6.45) is 5.48. The molecule has 1 aliphatic rings. The maximum absolute atomic E-state index is 5.67. The quantitative estimate of drug-likeness (QED) is 0.634. The topological polar surface area (TPSA) is 30.5 Å². The molecular formula is C11H23NO2. The van der Waals surface area contributed by atoms with Gasteiger partial charge in [0.1, 0.15) is 0 Å². The van der Waals surface area contributed by atoms with Gasteiger partial charge in [0.25, 0.3) is 0 Å². The van der Waals surface area contributed by atoms with Gasteiger partial charge in [-0.05, 0) is 12.8 Å². The third-order valence-corrected chi connectivity index (χ3v) is 2.73. The lowest BCUT2D eigenvalue weighted by Crippen LogP contribution is -2.21. The van der Waals surface area contributed by atoms with Gasteiger partial charge in [-0.15, -0.1) is 0 Å². The minimum Gasteiger partial charge on any atom is -0.382 e. The standard InChI is InChI=1S/C11H23NO2/c1-3-4-5-10-8-11(9-12-10)14-7-6-13-2/h10-12H,3-9H2,1-2H3/t10-,11+/m0/s1. The fraction of sp³-hybridized carbons (Fsp3) is 1.00. The first-order chi connectivity index (χ1) is 6.86. The summed E-state index contributed by atoms with van der Waals surface area (Å²) in [5.41, 5.74) is 0. The van der Waals surface area contributed by atoms with Gasteiger partial charge in [0.2, 0.25) is 0 Å². The number of hydrogen-bond donors (Lipinski definition) is 1. The van der Waals surface area contributed by atoms with E-state index in [1.165, 1.54) is 25.7 Å². The van der Waals surface area contributed by atoms with E-state index < -0.39 is 0 Å². The van der Waals surface area contributed by atoms with Gasteiger partial charge in [-0.1, -0.05) is 19.8 Å². The van der Waals surface area contributed by atoms with Crippen molar-refractivity contribution < 1.29 is 9.47 Å². The van der Waals surface area contributed by atoms with Gasteiger partial charge in [-0.2, -0.15) is 0 Å². The third-order valence-electron chi connectivity index (χ3n) is 2.73. The van der Waals surface area contributed by atoms with Crippen LogP contribution in [0.4, 0.5) is 0 Å². The van der Waals surface area contributed by atoms with E-state index in [2.05, 4.69) is 12.2 Å². The lowest BCUT2D eigenvalue weighted by atomic mass is 10.1. The summed E-state index contributed by atoms with van der Waals surface area (Å²) >= 11 is 0. The van der Waals surface area contributed by atoms with E-state index in [1.807, 2.05) is 0 Å². The molecule has 0 amide bonds. The zero-order chi connectivity index (χ0) is 10.2. The zero-order valence-electron chi connectivity index (χ0n) is 9.42. The first-order valence-electron chi connectivity index (χ1n) is 5.70. The molecule has 0 aromatic heterocycles. The third kappa shape index (κ3) is 4.40. The van der Waals surface area contributed by atoms with Gasteiger partial charge in [0, 0.05) is 19.7 Å². The fourth-order valence-electron chi connectivity index (χ4n) is 1.88. The highest BCUT2D eigenvalue weighted by molar-refractivity contribution is 4.81. The Labute approximate surface area is 87.2 Å². The Hall–Kier alpha value is -0.120. The lowest BCUT2D eigenvalue weighted by molar-refractivity contribution is 0.0260. The molecule has 1 N–H and O–H groups in total. The molecule has 0 spiro atoms. The van der Waals surface area contributed by atoms with Crippen LogP contribution >= 0.6 is 0 Å². The molecule has 1 heterocycles. The smallest absolute Gasteiger partial charge is 0.0715 e. The number of hydrogen-bond acceptors (Lipinski definition) is 3. The van der Waals surface area contributed by atoms with E-state index >= 15 is 0 Å². The monoisotopic (exact) mass is 201 g/mol. The molecule has 0 unspecified atom stereocenters. The van der Waals surface area contributed by atoms with Crippen molar-refractivity contribution in [1.82, 2.24) is 5.32 Å². The highest BCUT2D eigenvalue weighted by atomic mass is 16.5. The minimum atomic E-state index is 0.409. The number of methoxy groups -OCH3 is 1. The Morgan fingerprint density at radius 1 is 1.36 bits per heavy atom. The maximum atomic E-state index is 5.67. The molecule has 2 atom stereocenters.